The van der Waals surface area contributed by atoms with Crippen molar-refractivity contribution in [1.29, 1.82) is 0 Å². The molecule has 0 aromatic heterocycles. The van der Waals surface area contributed by atoms with Gasteiger partial charge in [-0.2, -0.15) is 0 Å². The van der Waals surface area contributed by atoms with Crippen molar-refractivity contribution in [1.82, 2.24) is 0 Å². The fourth-order valence-corrected chi connectivity index (χ4v) is 4.11. The summed E-state index contributed by atoms with van der Waals surface area (Å²) in [4.78, 5) is 12.9. The molecular weight excluding hydrogens is 372 g/mol. The minimum atomic E-state index is -3.74. The third-order valence-corrected chi connectivity index (χ3v) is 6.65. The quantitative estimate of drug-likeness (QED) is 0.549. The topological polar surface area (TPSA) is 60.4 Å². The standard InChI is InChI=1S/C23H22O4S/c1-17-8-14-22(15-9-17)28(25,26)18(2)23(24)20-10-12-21(13-11-20)27-16-19-6-4-3-5-7-19/h3-15,18H,16H2,1-2H3/t18-/m0/s1. The second kappa shape index (κ2) is 8.40. The lowest BCUT2D eigenvalue weighted by atomic mass is 10.1. The minimum absolute atomic E-state index is 0.154. The summed E-state index contributed by atoms with van der Waals surface area (Å²) in [7, 11) is -3.74. The second-order valence-corrected chi connectivity index (χ2v) is 8.93. The summed E-state index contributed by atoms with van der Waals surface area (Å²) in [6.07, 6.45) is 0. The van der Waals surface area contributed by atoms with E-state index in [4.69, 9.17) is 4.74 Å². The highest BCUT2D eigenvalue weighted by Crippen LogP contribution is 2.21. The molecule has 144 valence electrons. The molecule has 0 heterocycles. The lowest BCUT2D eigenvalue weighted by Crippen LogP contribution is -2.27. The van der Waals surface area contributed by atoms with E-state index in [-0.39, 0.29) is 4.90 Å². The number of ether oxygens (including phenoxy) is 1. The van der Waals surface area contributed by atoms with Gasteiger partial charge in [0.25, 0.3) is 0 Å². The maximum atomic E-state index is 12.7. The zero-order valence-corrected chi connectivity index (χ0v) is 16.6. The van der Waals surface area contributed by atoms with Crippen molar-refractivity contribution in [3.8, 4) is 5.75 Å². The van der Waals surface area contributed by atoms with E-state index in [2.05, 4.69) is 0 Å². The Balaban J connectivity index is 1.70. The van der Waals surface area contributed by atoms with E-state index in [9.17, 15) is 13.2 Å². The Morgan fingerprint density at radius 1 is 0.893 bits per heavy atom. The molecule has 0 radical (unpaired) electrons. The summed E-state index contributed by atoms with van der Waals surface area (Å²) in [5.74, 6) is 0.185. The summed E-state index contributed by atoms with van der Waals surface area (Å²) >= 11 is 0. The summed E-state index contributed by atoms with van der Waals surface area (Å²) in [6.45, 7) is 3.73. The Labute approximate surface area is 165 Å². The molecule has 0 aliphatic carbocycles. The van der Waals surface area contributed by atoms with Crippen LogP contribution in [-0.2, 0) is 16.4 Å². The van der Waals surface area contributed by atoms with Crippen molar-refractivity contribution in [2.75, 3.05) is 0 Å². The molecule has 0 aliphatic rings. The summed E-state index contributed by atoms with van der Waals surface area (Å²) in [5.41, 5.74) is 2.35. The van der Waals surface area contributed by atoms with Crippen LogP contribution < -0.4 is 4.74 Å². The number of sulfone groups is 1. The van der Waals surface area contributed by atoms with Crippen LogP contribution in [0.5, 0.6) is 5.75 Å². The van der Waals surface area contributed by atoms with Gasteiger partial charge >= 0.3 is 0 Å². The monoisotopic (exact) mass is 394 g/mol. The Morgan fingerprint density at radius 3 is 2.11 bits per heavy atom. The maximum Gasteiger partial charge on any atom is 0.188 e. The largest absolute Gasteiger partial charge is 0.489 e. The smallest absolute Gasteiger partial charge is 0.188 e. The fraction of sp³-hybridized carbons (Fsp3) is 0.174. The van der Waals surface area contributed by atoms with E-state index >= 15 is 0 Å². The van der Waals surface area contributed by atoms with Crippen molar-refractivity contribution in [3.63, 3.8) is 0 Å². The van der Waals surface area contributed by atoms with Crippen LogP contribution in [0.25, 0.3) is 0 Å². The molecule has 0 saturated heterocycles. The number of hydrogen-bond acceptors (Lipinski definition) is 4. The Bertz CT molecular complexity index is 1040. The molecule has 1 atom stereocenters. The average Bonchev–Trinajstić information content (AvgIpc) is 2.72. The number of benzene rings is 3. The van der Waals surface area contributed by atoms with Crippen molar-refractivity contribution in [2.45, 2.75) is 30.6 Å². The molecule has 0 unspecified atom stereocenters. The average molecular weight is 394 g/mol. The van der Waals surface area contributed by atoms with E-state index in [1.54, 1.807) is 36.4 Å². The molecule has 0 aliphatic heterocycles. The summed E-state index contributed by atoms with van der Waals surface area (Å²) in [5, 5.41) is -1.16. The number of aryl methyl sites for hydroxylation is 1. The Morgan fingerprint density at radius 2 is 1.50 bits per heavy atom. The van der Waals surface area contributed by atoms with Gasteiger partial charge in [0.15, 0.2) is 15.6 Å². The zero-order valence-electron chi connectivity index (χ0n) is 15.8. The van der Waals surface area contributed by atoms with Crippen LogP contribution in [-0.4, -0.2) is 19.5 Å². The molecule has 0 saturated carbocycles. The van der Waals surface area contributed by atoms with Gasteiger partial charge in [-0.3, -0.25) is 4.79 Å². The van der Waals surface area contributed by atoms with Crippen LogP contribution in [0.1, 0.15) is 28.4 Å². The Kier molecular flexibility index (Phi) is 5.95. The maximum absolute atomic E-state index is 12.7. The van der Waals surface area contributed by atoms with Crippen LogP contribution in [0.4, 0.5) is 0 Å². The SMILES string of the molecule is Cc1ccc(S(=O)(=O)[C@@H](C)C(=O)c2ccc(OCc3ccccc3)cc2)cc1. The molecule has 4 nitrogen and oxygen atoms in total. The minimum Gasteiger partial charge on any atom is -0.489 e. The number of carbonyl (C=O) groups excluding carboxylic acids is 1. The van der Waals surface area contributed by atoms with Crippen molar-refractivity contribution in [2.24, 2.45) is 0 Å². The van der Waals surface area contributed by atoms with Crippen LogP contribution >= 0.6 is 0 Å². The molecule has 3 rings (SSSR count). The normalized spacial score (nSPS) is 12.4. The third-order valence-electron chi connectivity index (χ3n) is 4.57. The van der Waals surface area contributed by atoms with E-state index < -0.39 is 20.9 Å². The molecule has 0 fully saturated rings. The molecule has 28 heavy (non-hydrogen) atoms. The first kappa shape index (κ1) is 19.8. The van der Waals surface area contributed by atoms with E-state index in [0.717, 1.165) is 11.1 Å². The lowest BCUT2D eigenvalue weighted by molar-refractivity contribution is 0.0991. The molecule has 3 aromatic carbocycles. The third kappa shape index (κ3) is 4.49. The van der Waals surface area contributed by atoms with Gasteiger partial charge in [0, 0.05) is 5.56 Å². The molecule has 5 heteroatoms. The first-order valence-corrected chi connectivity index (χ1v) is 10.5. The predicted molar refractivity (Wildman–Crippen MR) is 109 cm³/mol. The molecule has 3 aromatic rings. The second-order valence-electron chi connectivity index (χ2n) is 6.66. The van der Waals surface area contributed by atoms with Gasteiger partial charge in [0.1, 0.15) is 17.6 Å². The lowest BCUT2D eigenvalue weighted by Gasteiger charge is -2.13. The highest BCUT2D eigenvalue weighted by Gasteiger charge is 2.30. The number of rotatable bonds is 7. The van der Waals surface area contributed by atoms with Crippen molar-refractivity contribution < 1.29 is 17.9 Å². The van der Waals surface area contributed by atoms with Crippen LogP contribution in [0.3, 0.4) is 0 Å². The molecular formula is C23H22O4S. The van der Waals surface area contributed by atoms with Crippen LogP contribution in [0, 0.1) is 6.92 Å². The summed E-state index contributed by atoms with van der Waals surface area (Å²) in [6, 6.07) is 22.8. The van der Waals surface area contributed by atoms with Gasteiger partial charge in [0.2, 0.25) is 0 Å². The number of ketones is 1. The van der Waals surface area contributed by atoms with Gasteiger partial charge in [0.05, 0.1) is 4.90 Å². The van der Waals surface area contributed by atoms with Crippen LogP contribution in [0.15, 0.2) is 83.8 Å². The van der Waals surface area contributed by atoms with Gasteiger partial charge in [-0.1, -0.05) is 48.0 Å². The zero-order chi connectivity index (χ0) is 20.1. The highest BCUT2D eigenvalue weighted by molar-refractivity contribution is 7.92. The van der Waals surface area contributed by atoms with Gasteiger partial charge in [-0.05, 0) is 55.8 Å². The molecule has 0 amide bonds. The van der Waals surface area contributed by atoms with Gasteiger partial charge in [-0.15, -0.1) is 0 Å². The predicted octanol–water partition coefficient (Wildman–Crippen LogP) is 4.62. The van der Waals surface area contributed by atoms with E-state index in [1.807, 2.05) is 37.3 Å². The number of hydrogen-bond donors (Lipinski definition) is 0. The first-order valence-electron chi connectivity index (χ1n) is 8.99. The molecule has 0 bridgehead atoms. The molecule has 0 spiro atoms. The number of Topliss-reactive ketones (excluding diaryl/α,β-unsaturated/α-hetero) is 1. The van der Waals surface area contributed by atoms with Gasteiger partial charge < -0.3 is 4.74 Å². The first-order chi connectivity index (χ1) is 13.4. The fourth-order valence-electron chi connectivity index (χ4n) is 2.76. The van der Waals surface area contributed by atoms with E-state index in [0.29, 0.717) is 17.9 Å². The highest BCUT2D eigenvalue weighted by atomic mass is 32.2. The van der Waals surface area contributed by atoms with Crippen LogP contribution in [0.2, 0.25) is 0 Å². The van der Waals surface area contributed by atoms with E-state index in [1.165, 1.54) is 19.1 Å². The van der Waals surface area contributed by atoms with Crippen molar-refractivity contribution in [3.05, 3.63) is 95.6 Å². The number of carbonyl (C=O) groups is 1. The Hall–Kier alpha value is -2.92. The van der Waals surface area contributed by atoms with Crippen molar-refractivity contribution >= 4 is 15.6 Å². The molecule has 0 N–H and O–H groups in total. The van der Waals surface area contributed by atoms with Gasteiger partial charge in [-0.25, -0.2) is 8.42 Å². The summed E-state index contributed by atoms with van der Waals surface area (Å²) < 4.78 is 31.2.